The van der Waals surface area contributed by atoms with E-state index in [4.69, 9.17) is 26.8 Å². The van der Waals surface area contributed by atoms with Gasteiger partial charge in [-0.1, -0.05) is 66.2 Å². The fourth-order valence-corrected chi connectivity index (χ4v) is 7.99. The van der Waals surface area contributed by atoms with Crippen LogP contribution in [0.2, 0.25) is 5.02 Å². The molecule has 4 aromatic rings. The number of nitrogens with one attached hydrogen (secondary N) is 1. The van der Waals surface area contributed by atoms with Gasteiger partial charge in [0, 0.05) is 67.1 Å². The molecule has 0 radical (unpaired) electrons. The van der Waals surface area contributed by atoms with Crippen molar-refractivity contribution in [3.05, 3.63) is 111 Å². The molecule has 0 bridgehead atoms. The van der Waals surface area contributed by atoms with Gasteiger partial charge in [0.25, 0.3) is 11.8 Å². The first-order chi connectivity index (χ1) is 22.7. The highest BCUT2D eigenvalue weighted by molar-refractivity contribution is 6.34. The summed E-state index contributed by atoms with van der Waals surface area (Å²) in [6, 6.07) is 19.2. The number of carbonyl (C=O) groups is 1. The second-order valence-corrected chi connectivity index (χ2v) is 12.9. The molecule has 0 saturated carbocycles. The summed E-state index contributed by atoms with van der Waals surface area (Å²) in [4.78, 5) is 19.3. The van der Waals surface area contributed by atoms with Gasteiger partial charge in [0.1, 0.15) is 18.2 Å². The number of aromatic nitrogens is 1. The van der Waals surface area contributed by atoms with E-state index in [-0.39, 0.29) is 58.6 Å². The maximum atomic E-state index is 16.3. The van der Waals surface area contributed by atoms with E-state index in [0.717, 1.165) is 31.0 Å². The van der Waals surface area contributed by atoms with E-state index in [0.29, 0.717) is 18.7 Å². The number of fused-ring (bicyclic) bond motifs is 2. The van der Waals surface area contributed by atoms with Crippen molar-refractivity contribution in [1.82, 2.24) is 15.2 Å². The lowest BCUT2D eigenvalue weighted by Crippen LogP contribution is -2.55. The molecule has 11 heteroatoms. The Morgan fingerprint density at radius 2 is 1.85 bits per heavy atom. The third-order valence-corrected chi connectivity index (χ3v) is 10.5. The molecule has 1 fully saturated rings. The fourth-order valence-electron chi connectivity index (χ4n) is 7.73. The molecule has 47 heavy (non-hydrogen) atoms. The van der Waals surface area contributed by atoms with Gasteiger partial charge in [-0.2, -0.15) is 0 Å². The first-order valence-electron chi connectivity index (χ1n) is 15.7. The van der Waals surface area contributed by atoms with Crippen LogP contribution in [0.4, 0.5) is 8.78 Å². The number of piperidine rings is 1. The molecular formula is C36H35ClF2N4O4. The molecular weight excluding hydrogens is 626 g/mol. The highest BCUT2D eigenvalue weighted by atomic mass is 35.5. The monoisotopic (exact) mass is 660 g/mol. The molecule has 1 saturated heterocycles. The van der Waals surface area contributed by atoms with E-state index in [1.807, 2.05) is 36.4 Å². The van der Waals surface area contributed by atoms with Crippen LogP contribution < -0.4 is 20.5 Å². The maximum Gasteiger partial charge on any atom is 0.253 e. The number of ether oxygens (including phenoxy) is 2. The Morgan fingerprint density at radius 3 is 2.55 bits per heavy atom. The van der Waals surface area contributed by atoms with E-state index < -0.39 is 29.1 Å². The van der Waals surface area contributed by atoms with Crippen LogP contribution in [-0.2, 0) is 18.6 Å². The van der Waals surface area contributed by atoms with E-state index in [1.165, 1.54) is 24.2 Å². The summed E-state index contributed by atoms with van der Waals surface area (Å²) in [5.41, 5.74) is 9.11. The minimum Gasteiger partial charge on any atom is -0.473 e. The van der Waals surface area contributed by atoms with Gasteiger partial charge in [0.05, 0.1) is 17.2 Å². The number of rotatable bonds is 7. The zero-order valence-electron chi connectivity index (χ0n) is 25.9. The van der Waals surface area contributed by atoms with Crippen molar-refractivity contribution in [2.45, 2.75) is 37.5 Å². The Bertz CT molecular complexity index is 1850. The molecule has 1 aliphatic carbocycles. The first-order valence-corrected chi connectivity index (χ1v) is 16.1. The largest absolute Gasteiger partial charge is 0.473 e. The molecule has 8 nitrogen and oxygen atoms in total. The van der Waals surface area contributed by atoms with Crippen molar-refractivity contribution < 1.29 is 28.2 Å². The van der Waals surface area contributed by atoms with Crippen molar-refractivity contribution in [3.8, 4) is 22.8 Å². The average molecular weight is 661 g/mol. The minimum absolute atomic E-state index is 0.00596. The predicted molar refractivity (Wildman–Crippen MR) is 173 cm³/mol. The lowest BCUT2D eigenvalue weighted by Gasteiger charge is -2.48. The number of nitrogens with two attached hydrogens (primary N) is 1. The van der Waals surface area contributed by atoms with Crippen molar-refractivity contribution in [1.29, 1.82) is 0 Å². The number of amides is 1. The SMILES string of the molecule is CNC(=O)c1cnc(OCCO)c(F)c1-c1c(Cl)c(F)cc2c1C[C@](c1ccccc1)(N1CCC3(CC1)Cc1ccccc1C3N)O2. The summed E-state index contributed by atoms with van der Waals surface area (Å²) in [5, 5.41) is 11.4. The Hall–Kier alpha value is -4.09. The van der Waals surface area contributed by atoms with Gasteiger partial charge in [-0.15, -0.1) is 0 Å². The Kier molecular flexibility index (Phi) is 8.16. The second kappa shape index (κ2) is 12.2. The third-order valence-electron chi connectivity index (χ3n) is 10.1. The quantitative estimate of drug-likeness (QED) is 0.239. The molecule has 1 amide bonds. The van der Waals surface area contributed by atoms with Gasteiger partial charge in [0.15, 0.2) is 11.5 Å². The summed E-state index contributed by atoms with van der Waals surface area (Å²) in [6.07, 6.45) is 3.91. The number of pyridine rings is 1. The molecule has 1 aromatic heterocycles. The summed E-state index contributed by atoms with van der Waals surface area (Å²) in [7, 11) is 1.40. The number of carbonyl (C=O) groups excluding carboxylic acids is 1. The van der Waals surface area contributed by atoms with E-state index >= 15 is 8.78 Å². The van der Waals surface area contributed by atoms with E-state index in [1.54, 1.807) is 0 Å². The normalized spacial score (nSPS) is 21.3. The van der Waals surface area contributed by atoms with Gasteiger partial charge in [-0.3, -0.25) is 9.69 Å². The van der Waals surface area contributed by atoms with Gasteiger partial charge >= 0.3 is 0 Å². The zero-order chi connectivity index (χ0) is 32.9. The molecule has 244 valence electrons. The van der Waals surface area contributed by atoms with Gasteiger partial charge in [0.2, 0.25) is 0 Å². The number of hydrogen-bond acceptors (Lipinski definition) is 7. The standard InChI is InChI=1S/C36H35ClF2N4O4/c1-41-33(45)25-20-42-34(46-16-15-44)31(39)29(25)28-24-19-36(22-8-3-2-4-9-22,47-27(24)17-26(38)30(28)37)43-13-11-35(12-14-43)18-21-7-5-6-10-23(21)32(35)40/h2-10,17,20,32,44H,11-16,18-19,40H2,1H3,(H,41,45)/t32?,36-/m0/s1. The highest BCUT2D eigenvalue weighted by Gasteiger charge is 2.53. The molecule has 3 aliphatic rings. The summed E-state index contributed by atoms with van der Waals surface area (Å²) < 4.78 is 44.2. The predicted octanol–water partition coefficient (Wildman–Crippen LogP) is 5.54. The molecule has 3 aromatic carbocycles. The Morgan fingerprint density at radius 1 is 1.13 bits per heavy atom. The molecule has 7 rings (SSSR count). The van der Waals surface area contributed by atoms with Gasteiger partial charge < -0.3 is 25.6 Å². The fraction of sp³-hybridized carbons (Fsp3) is 0.333. The number of aliphatic hydroxyl groups is 1. The maximum absolute atomic E-state index is 16.3. The smallest absolute Gasteiger partial charge is 0.253 e. The Balaban J connectivity index is 1.33. The minimum atomic E-state index is -1.07. The Labute approximate surface area is 276 Å². The number of nitrogens with zero attached hydrogens (tertiary/aromatic N) is 2. The van der Waals surface area contributed by atoms with Crippen LogP contribution in [0.5, 0.6) is 11.6 Å². The molecule has 2 atom stereocenters. The highest BCUT2D eigenvalue weighted by Crippen LogP contribution is 2.55. The van der Waals surface area contributed by atoms with Gasteiger partial charge in [-0.25, -0.2) is 13.8 Å². The van der Waals surface area contributed by atoms with Crippen LogP contribution in [0.3, 0.4) is 0 Å². The van der Waals surface area contributed by atoms with Gasteiger partial charge in [-0.05, 0) is 35.8 Å². The number of likely N-dealkylation sites (tertiary alicyclic amines) is 1. The molecule has 1 unspecified atom stereocenters. The summed E-state index contributed by atoms with van der Waals surface area (Å²) in [5.74, 6) is -2.71. The van der Waals surface area contributed by atoms with Crippen LogP contribution in [-0.4, -0.2) is 54.2 Å². The number of aliphatic hydroxyl groups excluding tert-OH is 1. The number of benzene rings is 3. The van der Waals surface area contributed by atoms with Crippen LogP contribution in [0.25, 0.3) is 11.1 Å². The molecule has 1 spiro atoms. The van der Waals surface area contributed by atoms with E-state index in [9.17, 15) is 9.90 Å². The van der Waals surface area contributed by atoms with Crippen LogP contribution in [0.15, 0.2) is 66.9 Å². The van der Waals surface area contributed by atoms with Crippen LogP contribution in [0, 0.1) is 17.0 Å². The zero-order valence-corrected chi connectivity index (χ0v) is 26.6. The van der Waals surface area contributed by atoms with Crippen LogP contribution >= 0.6 is 11.6 Å². The molecule has 4 N–H and O–H groups in total. The first kappa shape index (κ1) is 31.5. The van der Waals surface area contributed by atoms with E-state index in [2.05, 4.69) is 33.4 Å². The van der Waals surface area contributed by atoms with Crippen molar-refractivity contribution in [3.63, 3.8) is 0 Å². The summed E-state index contributed by atoms with van der Waals surface area (Å²) >= 11 is 6.67. The molecule has 2 aliphatic heterocycles. The average Bonchev–Trinajstić information content (AvgIpc) is 3.61. The molecule has 3 heterocycles. The van der Waals surface area contributed by atoms with Crippen LogP contribution in [0.1, 0.15) is 51.5 Å². The second-order valence-electron chi connectivity index (χ2n) is 12.5. The summed E-state index contributed by atoms with van der Waals surface area (Å²) in [6.45, 7) is 0.694. The topological polar surface area (TPSA) is 110 Å². The lowest BCUT2D eigenvalue weighted by atomic mass is 9.72. The number of hydrogen-bond donors (Lipinski definition) is 3. The number of halogens is 3. The van der Waals surface area contributed by atoms with Crippen molar-refractivity contribution >= 4 is 17.5 Å². The van der Waals surface area contributed by atoms with Crippen molar-refractivity contribution in [2.75, 3.05) is 33.4 Å². The lowest BCUT2D eigenvalue weighted by molar-refractivity contribution is -0.104. The third kappa shape index (κ3) is 5.06. The van der Waals surface area contributed by atoms with Crippen molar-refractivity contribution in [2.24, 2.45) is 11.1 Å².